The van der Waals surface area contributed by atoms with E-state index >= 15 is 0 Å². The molecule has 0 amide bonds. The minimum atomic E-state index is -0.296. The van der Waals surface area contributed by atoms with Gasteiger partial charge in [0.15, 0.2) is 17.5 Å². The molecule has 1 unspecified atom stereocenters. The van der Waals surface area contributed by atoms with Crippen molar-refractivity contribution in [3.8, 4) is 78.7 Å². The number of hydrogen-bond donors (Lipinski definition) is 0. The summed E-state index contributed by atoms with van der Waals surface area (Å²) in [5.74, 6) is 1.88. The highest BCUT2D eigenvalue weighted by Gasteiger charge is 2.41. The third-order valence-corrected chi connectivity index (χ3v) is 13.3. The Hall–Kier alpha value is -8.27. The highest BCUT2D eigenvalue weighted by Crippen LogP contribution is 2.55. The lowest BCUT2D eigenvalue weighted by molar-refractivity contribution is 0.714. The number of benzene rings is 10. The van der Waals surface area contributed by atoms with Crippen molar-refractivity contribution in [1.29, 1.82) is 0 Å². The normalized spacial score (nSPS) is 14.1. The van der Waals surface area contributed by atoms with E-state index in [0.29, 0.717) is 17.5 Å². The van der Waals surface area contributed by atoms with Gasteiger partial charge in [0.05, 0.1) is 0 Å². The van der Waals surface area contributed by atoms with Gasteiger partial charge in [0.2, 0.25) is 0 Å². The van der Waals surface area contributed by atoms with Crippen LogP contribution in [0.2, 0.25) is 0 Å². The van der Waals surface area contributed by atoms with Gasteiger partial charge in [0, 0.05) is 22.1 Å². The molecule has 3 heteroatoms. The maximum atomic E-state index is 5.47. The molecule has 0 saturated carbocycles. The largest absolute Gasteiger partial charge is 0.208 e. The zero-order chi connectivity index (χ0) is 42.6. The van der Waals surface area contributed by atoms with Gasteiger partial charge in [-0.05, 0) is 95.7 Å². The van der Waals surface area contributed by atoms with Crippen LogP contribution in [0.25, 0.3) is 100 Å². The first kappa shape index (κ1) is 37.5. The van der Waals surface area contributed by atoms with E-state index in [4.69, 9.17) is 15.0 Å². The Kier molecular flexibility index (Phi) is 8.94. The zero-order valence-electron chi connectivity index (χ0n) is 35.3. The molecule has 0 aliphatic heterocycles. The minimum Gasteiger partial charge on any atom is -0.208 e. The van der Waals surface area contributed by atoms with Crippen LogP contribution in [-0.4, -0.2) is 15.0 Å². The van der Waals surface area contributed by atoms with Gasteiger partial charge in [-0.2, -0.15) is 0 Å². The third-order valence-electron chi connectivity index (χ3n) is 13.3. The molecule has 64 heavy (non-hydrogen) atoms. The predicted molar refractivity (Wildman–Crippen MR) is 265 cm³/mol. The Morgan fingerprint density at radius 2 is 0.797 bits per heavy atom. The Labute approximate surface area is 373 Å². The molecule has 1 aromatic heterocycles. The SMILES string of the molecule is CC1(c2ccccc2)c2ccccc2-c2c(-c3ccc(-c4nc(-c5ccc(-c6ccccc6)cc5)nc(-c5c(-c6ccccc6)ccc6ccccc56)n4)c4ccccc34)cccc21. The minimum absolute atomic E-state index is 0.296. The summed E-state index contributed by atoms with van der Waals surface area (Å²) in [6.45, 7) is 2.38. The fourth-order valence-electron chi connectivity index (χ4n) is 10.1. The van der Waals surface area contributed by atoms with Crippen LogP contribution >= 0.6 is 0 Å². The smallest absolute Gasteiger partial charge is 0.165 e. The molecular weight excluding hydrogens is 775 g/mol. The average molecular weight is 816 g/mol. The molecule has 0 N–H and O–H groups in total. The van der Waals surface area contributed by atoms with Gasteiger partial charge in [0.25, 0.3) is 0 Å². The van der Waals surface area contributed by atoms with E-state index in [9.17, 15) is 0 Å². The van der Waals surface area contributed by atoms with E-state index in [-0.39, 0.29) is 5.41 Å². The van der Waals surface area contributed by atoms with Gasteiger partial charge in [-0.3, -0.25) is 0 Å². The van der Waals surface area contributed by atoms with E-state index in [1.54, 1.807) is 0 Å². The molecule has 0 fully saturated rings. The van der Waals surface area contributed by atoms with E-state index in [1.807, 2.05) is 6.07 Å². The third kappa shape index (κ3) is 6.08. The Morgan fingerprint density at radius 3 is 1.56 bits per heavy atom. The molecule has 0 saturated heterocycles. The number of aromatic nitrogens is 3. The molecule has 1 atom stereocenters. The molecular formula is C61H41N3. The lowest BCUT2D eigenvalue weighted by Gasteiger charge is -2.28. The van der Waals surface area contributed by atoms with Crippen LogP contribution in [-0.2, 0) is 5.41 Å². The van der Waals surface area contributed by atoms with Crippen LogP contribution < -0.4 is 0 Å². The maximum absolute atomic E-state index is 5.47. The van der Waals surface area contributed by atoms with Crippen molar-refractivity contribution < 1.29 is 0 Å². The first-order valence-electron chi connectivity index (χ1n) is 21.9. The summed E-state index contributed by atoms with van der Waals surface area (Å²) in [7, 11) is 0. The van der Waals surface area contributed by atoms with Gasteiger partial charge < -0.3 is 0 Å². The van der Waals surface area contributed by atoms with E-state index in [2.05, 4.69) is 231 Å². The van der Waals surface area contributed by atoms with E-state index < -0.39 is 0 Å². The van der Waals surface area contributed by atoms with Gasteiger partial charge in [-0.25, -0.2) is 15.0 Å². The zero-order valence-corrected chi connectivity index (χ0v) is 35.3. The summed E-state index contributed by atoms with van der Waals surface area (Å²) in [6, 6.07) is 82.4. The van der Waals surface area contributed by atoms with Crippen LogP contribution in [0.3, 0.4) is 0 Å². The van der Waals surface area contributed by atoms with Crippen LogP contribution in [0.1, 0.15) is 23.6 Å². The summed E-state index contributed by atoms with van der Waals surface area (Å²) in [6.07, 6.45) is 0. The van der Waals surface area contributed by atoms with Crippen molar-refractivity contribution in [2.45, 2.75) is 12.3 Å². The van der Waals surface area contributed by atoms with Crippen LogP contribution in [0.15, 0.2) is 231 Å². The van der Waals surface area contributed by atoms with E-state index in [0.717, 1.165) is 60.5 Å². The second kappa shape index (κ2) is 15.3. The van der Waals surface area contributed by atoms with Gasteiger partial charge in [-0.15, -0.1) is 0 Å². The van der Waals surface area contributed by atoms with Crippen LogP contribution in [0.5, 0.6) is 0 Å². The van der Waals surface area contributed by atoms with Gasteiger partial charge in [0.1, 0.15) is 0 Å². The topological polar surface area (TPSA) is 38.7 Å². The molecule has 0 spiro atoms. The average Bonchev–Trinajstić information content (AvgIpc) is 3.65. The molecule has 1 aliphatic rings. The Morgan fingerprint density at radius 1 is 0.281 bits per heavy atom. The van der Waals surface area contributed by atoms with Crippen molar-refractivity contribution >= 4 is 21.5 Å². The standard InChI is InChI=1S/C61H41N3/c1-61(45-23-9-4-10-24-45)54-30-16-15-28-53(54)56-51(29-17-31-55(56)61)50-38-39-52(49-27-14-13-26-48(49)50)59-62-58(44-34-32-41(33-35-44)40-18-5-2-6-19-40)63-60(64-59)57-46-25-12-11-22-43(46)36-37-47(57)42-20-7-3-8-21-42/h2-39H,1H3. The highest BCUT2D eigenvalue weighted by molar-refractivity contribution is 6.08. The lowest BCUT2D eigenvalue weighted by Crippen LogP contribution is -2.22. The van der Waals surface area contributed by atoms with Crippen LogP contribution in [0.4, 0.5) is 0 Å². The van der Waals surface area contributed by atoms with Gasteiger partial charge in [-0.1, -0.05) is 224 Å². The number of nitrogens with zero attached hydrogens (tertiary/aromatic N) is 3. The second-order valence-corrected chi connectivity index (χ2v) is 16.8. The molecule has 0 bridgehead atoms. The molecule has 300 valence electrons. The van der Waals surface area contributed by atoms with Crippen LogP contribution in [0, 0.1) is 0 Å². The summed E-state index contributed by atoms with van der Waals surface area (Å²) >= 11 is 0. The lowest BCUT2D eigenvalue weighted by atomic mass is 9.74. The van der Waals surface area contributed by atoms with Gasteiger partial charge >= 0.3 is 0 Å². The Balaban J connectivity index is 1.08. The van der Waals surface area contributed by atoms with Crippen molar-refractivity contribution in [3.63, 3.8) is 0 Å². The summed E-state index contributed by atoms with van der Waals surface area (Å²) in [4.78, 5) is 16.2. The monoisotopic (exact) mass is 815 g/mol. The van der Waals surface area contributed by atoms with Crippen molar-refractivity contribution in [2.75, 3.05) is 0 Å². The molecule has 10 aromatic carbocycles. The summed E-state index contributed by atoms with van der Waals surface area (Å²) in [5.41, 5.74) is 15.9. The quantitative estimate of drug-likeness (QED) is 0.161. The van der Waals surface area contributed by atoms with E-state index in [1.165, 1.54) is 38.9 Å². The molecule has 0 radical (unpaired) electrons. The highest BCUT2D eigenvalue weighted by atomic mass is 15.0. The first-order chi connectivity index (χ1) is 31.6. The number of hydrogen-bond acceptors (Lipinski definition) is 3. The van der Waals surface area contributed by atoms with Crippen molar-refractivity contribution in [3.05, 3.63) is 247 Å². The summed E-state index contributed by atoms with van der Waals surface area (Å²) in [5, 5.41) is 4.44. The summed E-state index contributed by atoms with van der Waals surface area (Å²) < 4.78 is 0. The molecule has 3 nitrogen and oxygen atoms in total. The van der Waals surface area contributed by atoms with Crippen molar-refractivity contribution in [2.24, 2.45) is 0 Å². The second-order valence-electron chi connectivity index (χ2n) is 16.8. The maximum Gasteiger partial charge on any atom is 0.165 e. The fourth-order valence-corrected chi connectivity index (χ4v) is 10.1. The first-order valence-corrected chi connectivity index (χ1v) is 21.9. The Bertz CT molecular complexity index is 3540. The molecule has 1 heterocycles. The molecule has 11 aromatic rings. The molecule has 12 rings (SSSR count). The fraction of sp³-hybridized carbons (Fsp3) is 0.0328. The van der Waals surface area contributed by atoms with Crippen molar-refractivity contribution in [1.82, 2.24) is 15.0 Å². The number of rotatable bonds is 7. The number of fused-ring (bicyclic) bond motifs is 5. The predicted octanol–water partition coefficient (Wildman–Crippen LogP) is 15.5. The molecule has 1 aliphatic carbocycles.